The fourth-order valence-electron chi connectivity index (χ4n) is 1.89. The summed E-state index contributed by atoms with van der Waals surface area (Å²) in [7, 11) is 1.66. The molecular formula is C14H20N4O2. The lowest BCUT2D eigenvalue weighted by Gasteiger charge is -2.06. The molecule has 1 amide bonds. The number of carbonyl (C=O) groups is 1. The molecule has 2 rings (SSSR count). The normalized spacial score (nSPS) is 10.8. The Morgan fingerprint density at radius 3 is 2.95 bits per heavy atom. The summed E-state index contributed by atoms with van der Waals surface area (Å²) >= 11 is 0. The van der Waals surface area contributed by atoms with Gasteiger partial charge in [-0.2, -0.15) is 5.10 Å². The van der Waals surface area contributed by atoms with Crippen LogP contribution < -0.4 is 10.6 Å². The number of carbonyl (C=O) groups excluding carboxylic acids is 1. The number of nitrogens with zero attached hydrogens (tertiary/aromatic N) is 2. The molecule has 0 atom stereocenters. The quantitative estimate of drug-likeness (QED) is 0.684. The predicted molar refractivity (Wildman–Crippen MR) is 77.5 cm³/mol. The van der Waals surface area contributed by atoms with Gasteiger partial charge in [0.1, 0.15) is 6.54 Å². The Bertz CT molecular complexity index is 520. The van der Waals surface area contributed by atoms with Crippen LogP contribution in [0.1, 0.15) is 0 Å². The monoisotopic (exact) mass is 276 g/mol. The van der Waals surface area contributed by atoms with Gasteiger partial charge in [0.2, 0.25) is 5.91 Å². The van der Waals surface area contributed by atoms with Crippen LogP contribution in [-0.2, 0) is 16.1 Å². The van der Waals surface area contributed by atoms with Crippen molar-refractivity contribution >= 4 is 16.8 Å². The molecule has 20 heavy (non-hydrogen) atoms. The average Bonchev–Trinajstić information content (AvgIpc) is 2.84. The standard InChI is InChI=1S/C14H20N4O2/c1-20-9-8-15-6-7-16-14(19)11-18-10-12-4-2-3-5-13(12)17-18/h2-5,10,15H,6-9,11H2,1H3,(H,16,19). The zero-order valence-corrected chi connectivity index (χ0v) is 11.6. The van der Waals surface area contributed by atoms with Crippen molar-refractivity contribution in [2.75, 3.05) is 33.4 Å². The Labute approximate surface area is 118 Å². The lowest BCUT2D eigenvalue weighted by molar-refractivity contribution is -0.121. The van der Waals surface area contributed by atoms with Gasteiger partial charge in [-0.25, -0.2) is 0 Å². The van der Waals surface area contributed by atoms with E-state index in [1.165, 1.54) is 0 Å². The molecule has 0 aliphatic carbocycles. The number of fused-ring (bicyclic) bond motifs is 1. The summed E-state index contributed by atoms with van der Waals surface area (Å²) in [5, 5.41) is 11.4. The molecular weight excluding hydrogens is 256 g/mol. The number of nitrogens with one attached hydrogen (secondary N) is 2. The number of benzene rings is 1. The Hall–Kier alpha value is -1.92. The summed E-state index contributed by atoms with van der Waals surface area (Å²) in [6.07, 6.45) is 1.88. The maximum atomic E-state index is 11.8. The lowest BCUT2D eigenvalue weighted by atomic mass is 10.3. The summed E-state index contributed by atoms with van der Waals surface area (Å²) < 4.78 is 6.58. The number of hydrogen-bond acceptors (Lipinski definition) is 4. The Morgan fingerprint density at radius 1 is 1.30 bits per heavy atom. The SMILES string of the molecule is COCCNCCNC(=O)Cn1cc2ccccc2n1. The van der Waals surface area contributed by atoms with Gasteiger partial charge in [0.15, 0.2) is 0 Å². The van der Waals surface area contributed by atoms with Crippen molar-refractivity contribution in [3.05, 3.63) is 30.5 Å². The molecule has 0 radical (unpaired) electrons. The van der Waals surface area contributed by atoms with Crippen molar-refractivity contribution in [2.45, 2.75) is 6.54 Å². The van der Waals surface area contributed by atoms with E-state index in [-0.39, 0.29) is 12.5 Å². The Balaban J connectivity index is 1.71. The number of ether oxygens (including phenoxy) is 1. The van der Waals surface area contributed by atoms with Crippen molar-refractivity contribution in [3.8, 4) is 0 Å². The number of aromatic nitrogens is 2. The van der Waals surface area contributed by atoms with Gasteiger partial charge < -0.3 is 15.4 Å². The molecule has 0 saturated heterocycles. The van der Waals surface area contributed by atoms with Crippen LogP contribution in [-0.4, -0.2) is 49.0 Å². The number of hydrogen-bond donors (Lipinski definition) is 2. The molecule has 1 aromatic heterocycles. The van der Waals surface area contributed by atoms with Crippen molar-refractivity contribution in [2.24, 2.45) is 0 Å². The molecule has 1 heterocycles. The molecule has 0 saturated carbocycles. The van der Waals surface area contributed by atoms with Crippen molar-refractivity contribution in [1.82, 2.24) is 20.4 Å². The van der Waals surface area contributed by atoms with E-state index in [4.69, 9.17) is 4.74 Å². The molecule has 0 aliphatic heterocycles. The summed E-state index contributed by atoms with van der Waals surface area (Å²) in [6.45, 7) is 3.04. The predicted octanol–water partition coefficient (Wildman–Crippen LogP) is 0.389. The first-order valence-electron chi connectivity index (χ1n) is 6.68. The van der Waals surface area contributed by atoms with Gasteiger partial charge in [0.05, 0.1) is 12.1 Å². The molecule has 6 nitrogen and oxygen atoms in total. The number of amides is 1. The highest BCUT2D eigenvalue weighted by atomic mass is 16.5. The molecule has 108 valence electrons. The second-order valence-electron chi connectivity index (χ2n) is 4.48. The fourth-order valence-corrected chi connectivity index (χ4v) is 1.89. The highest BCUT2D eigenvalue weighted by Crippen LogP contribution is 2.10. The van der Waals surface area contributed by atoms with Gasteiger partial charge in [-0.3, -0.25) is 9.48 Å². The highest BCUT2D eigenvalue weighted by Gasteiger charge is 2.04. The van der Waals surface area contributed by atoms with E-state index < -0.39 is 0 Å². The molecule has 0 unspecified atom stereocenters. The third-order valence-electron chi connectivity index (χ3n) is 2.87. The highest BCUT2D eigenvalue weighted by molar-refractivity contribution is 5.79. The van der Waals surface area contributed by atoms with Gasteiger partial charge in [-0.1, -0.05) is 18.2 Å². The van der Waals surface area contributed by atoms with Crippen LogP contribution >= 0.6 is 0 Å². The molecule has 0 bridgehead atoms. The zero-order chi connectivity index (χ0) is 14.2. The van der Waals surface area contributed by atoms with Crippen LogP contribution in [0.2, 0.25) is 0 Å². The summed E-state index contributed by atoms with van der Waals surface area (Å²) in [5.74, 6) is -0.0358. The largest absolute Gasteiger partial charge is 0.383 e. The van der Waals surface area contributed by atoms with E-state index in [9.17, 15) is 4.79 Å². The topological polar surface area (TPSA) is 68.2 Å². The second kappa shape index (κ2) is 7.62. The van der Waals surface area contributed by atoms with Crippen LogP contribution in [0.25, 0.3) is 10.9 Å². The van der Waals surface area contributed by atoms with Crippen LogP contribution in [0.4, 0.5) is 0 Å². The van der Waals surface area contributed by atoms with Gasteiger partial charge >= 0.3 is 0 Å². The first kappa shape index (κ1) is 14.5. The van der Waals surface area contributed by atoms with Crippen LogP contribution in [0, 0.1) is 0 Å². The van der Waals surface area contributed by atoms with E-state index in [2.05, 4.69) is 15.7 Å². The molecule has 0 spiro atoms. The van der Waals surface area contributed by atoms with Crippen molar-refractivity contribution in [3.63, 3.8) is 0 Å². The smallest absolute Gasteiger partial charge is 0.241 e. The van der Waals surface area contributed by atoms with Gasteiger partial charge in [-0.15, -0.1) is 0 Å². The van der Waals surface area contributed by atoms with E-state index in [0.29, 0.717) is 13.2 Å². The minimum absolute atomic E-state index is 0.0358. The van der Waals surface area contributed by atoms with Crippen LogP contribution in [0.3, 0.4) is 0 Å². The third kappa shape index (κ3) is 4.32. The van der Waals surface area contributed by atoms with E-state index in [1.54, 1.807) is 11.8 Å². The molecule has 0 fully saturated rings. The number of rotatable bonds is 8. The minimum atomic E-state index is -0.0358. The van der Waals surface area contributed by atoms with Gasteiger partial charge in [0.25, 0.3) is 0 Å². The maximum Gasteiger partial charge on any atom is 0.241 e. The Kier molecular flexibility index (Phi) is 5.52. The second-order valence-corrected chi connectivity index (χ2v) is 4.48. The third-order valence-corrected chi connectivity index (χ3v) is 2.87. The van der Waals surface area contributed by atoms with E-state index in [0.717, 1.165) is 24.0 Å². The average molecular weight is 276 g/mol. The van der Waals surface area contributed by atoms with Crippen molar-refractivity contribution in [1.29, 1.82) is 0 Å². The molecule has 1 aromatic carbocycles. The molecule has 6 heteroatoms. The summed E-state index contributed by atoms with van der Waals surface area (Å²) in [5.41, 5.74) is 0.904. The lowest BCUT2D eigenvalue weighted by Crippen LogP contribution is -2.34. The maximum absolute atomic E-state index is 11.8. The van der Waals surface area contributed by atoms with E-state index in [1.807, 2.05) is 30.5 Å². The fraction of sp³-hybridized carbons (Fsp3) is 0.429. The van der Waals surface area contributed by atoms with Crippen LogP contribution in [0.15, 0.2) is 30.5 Å². The molecule has 0 aliphatic rings. The summed E-state index contributed by atoms with van der Waals surface area (Å²) in [6, 6.07) is 7.81. The first-order chi connectivity index (χ1) is 9.79. The van der Waals surface area contributed by atoms with E-state index >= 15 is 0 Å². The zero-order valence-electron chi connectivity index (χ0n) is 11.6. The minimum Gasteiger partial charge on any atom is -0.383 e. The molecule has 2 aromatic rings. The Morgan fingerprint density at radius 2 is 2.15 bits per heavy atom. The first-order valence-corrected chi connectivity index (χ1v) is 6.68. The van der Waals surface area contributed by atoms with Gasteiger partial charge in [0, 0.05) is 38.3 Å². The molecule has 2 N–H and O–H groups in total. The summed E-state index contributed by atoms with van der Waals surface area (Å²) in [4.78, 5) is 11.8. The number of methoxy groups -OCH3 is 1. The van der Waals surface area contributed by atoms with Crippen LogP contribution in [0.5, 0.6) is 0 Å². The van der Waals surface area contributed by atoms with Crippen molar-refractivity contribution < 1.29 is 9.53 Å². The van der Waals surface area contributed by atoms with Gasteiger partial charge in [-0.05, 0) is 6.07 Å².